The van der Waals surface area contributed by atoms with Gasteiger partial charge in [0.1, 0.15) is 16.9 Å². The Morgan fingerprint density at radius 3 is 2.60 bits per heavy atom. The molecule has 9 heteroatoms. The van der Waals surface area contributed by atoms with Gasteiger partial charge in [0, 0.05) is 46.6 Å². The molecule has 3 aromatic heterocycles. The maximum Gasteiger partial charge on any atom is 0.337 e. The fourth-order valence-corrected chi connectivity index (χ4v) is 6.95. The summed E-state index contributed by atoms with van der Waals surface area (Å²) in [7, 11) is 1.90. The molecule has 8 nitrogen and oxygen atoms in total. The zero-order chi connectivity index (χ0) is 33.7. The molecule has 6 rings (SSSR count). The zero-order valence-corrected chi connectivity index (χ0v) is 28.0. The number of aliphatic carboxylic acids is 1. The molecule has 1 saturated carbocycles. The minimum atomic E-state index is -1.35. The van der Waals surface area contributed by atoms with Crippen molar-refractivity contribution < 1.29 is 28.9 Å². The quantitative estimate of drug-likeness (QED) is 0.220. The normalized spacial score (nSPS) is 16.6. The van der Waals surface area contributed by atoms with E-state index in [1.807, 2.05) is 57.5 Å². The highest BCUT2D eigenvalue weighted by molar-refractivity contribution is 6.01. The fraction of sp³-hybridized carbons (Fsp3) is 0.447. The first-order valence-corrected chi connectivity index (χ1v) is 16.3. The molecule has 0 amide bonds. The van der Waals surface area contributed by atoms with Crippen LogP contribution in [-0.2, 0) is 23.0 Å². The molecule has 2 aliphatic rings. The lowest BCUT2D eigenvalue weighted by molar-refractivity contribution is -0.160. The van der Waals surface area contributed by atoms with Crippen LogP contribution in [0, 0.1) is 31.5 Å². The number of carboxylic acids is 1. The van der Waals surface area contributed by atoms with E-state index in [1.165, 1.54) is 6.07 Å². The molecule has 1 fully saturated rings. The number of halogens is 1. The smallest absolute Gasteiger partial charge is 0.337 e. The first-order valence-electron chi connectivity index (χ1n) is 16.3. The van der Waals surface area contributed by atoms with Gasteiger partial charge in [-0.25, -0.2) is 19.2 Å². The monoisotopic (exact) mass is 639 g/mol. The highest BCUT2D eigenvalue weighted by atomic mass is 19.1. The molecule has 4 aromatic rings. The molecule has 1 atom stereocenters. The Kier molecular flexibility index (Phi) is 8.62. The molecule has 0 radical (unpaired) electrons. The van der Waals surface area contributed by atoms with Crippen LogP contribution in [0.25, 0.3) is 33.4 Å². The molecule has 2 N–H and O–H groups in total. The van der Waals surface area contributed by atoms with E-state index in [2.05, 4.69) is 16.8 Å². The average molecular weight is 640 g/mol. The van der Waals surface area contributed by atoms with Gasteiger partial charge in [0.05, 0.1) is 17.9 Å². The van der Waals surface area contributed by atoms with Crippen molar-refractivity contribution in [1.82, 2.24) is 14.5 Å². The summed E-state index contributed by atoms with van der Waals surface area (Å²) in [5, 5.41) is 22.1. The number of aromatic nitrogens is 3. The van der Waals surface area contributed by atoms with E-state index < -0.39 is 29.1 Å². The van der Waals surface area contributed by atoms with Crippen molar-refractivity contribution in [2.45, 2.75) is 96.9 Å². The Hall–Kier alpha value is -4.26. The predicted octanol–water partition coefficient (Wildman–Crippen LogP) is 7.37. The fourth-order valence-electron chi connectivity index (χ4n) is 6.95. The first kappa shape index (κ1) is 32.7. The van der Waals surface area contributed by atoms with Gasteiger partial charge in [0.15, 0.2) is 17.7 Å². The first-order chi connectivity index (χ1) is 22.3. The molecule has 4 heterocycles. The minimum absolute atomic E-state index is 0.263. The summed E-state index contributed by atoms with van der Waals surface area (Å²) in [4.78, 5) is 22.3. The second-order valence-electron chi connectivity index (χ2n) is 13.8. The van der Waals surface area contributed by atoms with Crippen LogP contribution in [0.4, 0.5) is 4.39 Å². The third kappa shape index (κ3) is 6.37. The molecule has 0 saturated heterocycles. The van der Waals surface area contributed by atoms with E-state index in [4.69, 9.17) is 14.5 Å². The molecule has 1 aliphatic carbocycles. The molecule has 0 unspecified atom stereocenters. The maximum atomic E-state index is 15.8. The van der Waals surface area contributed by atoms with Crippen molar-refractivity contribution in [2.24, 2.45) is 7.05 Å². The summed E-state index contributed by atoms with van der Waals surface area (Å²) in [5.41, 5.74) is 4.65. The Labute approximate surface area is 275 Å². The number of carboxylic acid groups (broad SMARTS) is 1. The Balaban J connectivity index is 1.59. The van der Waals surface area contributed by atoms with Gasteiger partial charge < -0.3 is 24.3 Å². The van der Waals surface area contributed by atoms with E-state index in [0.717, 1.165) is 48.1 Å². The number of aryl methyl sites for hydroxylation is 2. The van der Waals surface area contributed by atoms with Crippen molar-refractivity contribution in [3.05, 3.63) is 64.4 Å². The van der Waals surface area contributed by atoms with Gasteiger partial charge in [-0.3, -0.25) is 0 Å². The second kappa shape index (κ2) is 12.4. The summed E-state index contributed by atoms with van der Waals surface area (Å²) >= 11 is 0. The van der Waals surface area contributed by atoms with Crippen LogP contribution in [0.5, 0.6) is 5.75 Å². The topological polar surface area (TPSA) is 107 Å². The zero-order valence-electron chi connectivity index (χ0n) is 28.0. The highest BCUT2D eigenvalue weighted by Gasteiger charge is 2.34. The van der Waals surface area contributed by atoms with Crippen molar-refractivity contribution in [3.63, 3.8) is 0 Å². The summed E-state index contributed by atoms with van der Waals surface area (Å²) < 4.78 is 29.6. The molecule has 47 heavy (non-hydrogen) atoms. The van der Waals surface area contributed by atoms with Crippen LogP contribution in [0.2, 0.25) is 0 Å². The van der Waals surface area contributed by atoms with Crippen LogP contribution >= 0.6 is 0 Å². The minimum Gasteiger partial charge on any atom is -0.490 e. The van der Waals surface area contributed by atoms with Gasteiger partial charge in [-0.15, -0.1) is 0 Å². The summed E-state index contributed by atoms with van der Waals surface area (Å²) in [5.74, 6) is 4.79. The maximum absolute atomic E-state index is 15.8. The van der Waals surface area contributed by atoms with E-state index >= 15 is 4.39 Å². The largest absolute Gasteiger partial charge is 0.490 e. The number of carbonyl (C=O) groups is 1. The molecule has 1 aliphatic heterocycles. The number of aliphatic hydroxyl groups is 1. The number of fused-ring (bicyclic) bond motifs is 2. The highest BCUT2D eigenvalue weighted by Crippen LogP contribution is 2.45. The number of ether oxygens (including phenoxy) is 2. The Morgan fingerprint density at radius 2 is 1.89 bits per heavy atom. The lowest BCUT2D eigenvalue weighted by Gasteiger charge is -2.29. The van der Waals surface area contributed by atoms with E-state index in [9.17, 15) is 15.0 Å². The molecular formula is C38H42FN3O5. The van der Waals surface area contributed by atoms with Crippen molar-refractivity contribution >= 4 is 17.0 Å². The summed E-state index contributed by atoms with van der Waals surface area (Å²) in [6, 6.07) is 7.18. The predicted molar refractivity (Wildman–Crippen MR) is 179 cm³/mol. The molecule has 0 bridgehead atoms. The second-order valence-corrected chi connectivity index (χ2v) is 13.8. The number of rotatable bonds is 5. The number of pyridine rings is 2. The molecule has 0 spiro atoms. The third-order valence-corrected chi connectivity index (χ3v) is 9.23. The number of nitrogens with zero attached hydrogens (tertiary/aromatic N) is 3. The third-order valence-electron chi connectivity index (χ3n) is 9.23. The number of hydrogen-bond donors (Lipinski definition) is 2. The van der Waals surface area contributed by atoms with Crippen LogP contribution in [0.15, 0.2) is 30.5 Å². The summed E-state index contributed by atoms with van der Waals surface area (Å²) in [6.45, 7) is 9.59. The van der Waals surface area contributed by atoms with Crippen LogP contribution in [0.1, 0.15) is 93.5 Å². The lowest BCUT2D eigenvalue weighted by atomic mass is 9.85. The number of benzene rings is 1. The van der Waals surface area contributed by atoms with Crippen molar-refractivity contribution in [3.8, 4) is 40.0 Å². The lowest BCUT2D eigenvalue weighted by Crippen LogP contribution is -2.29. The number of hydrogen-bond acceptors (Lipinski definition) is 6. The van der Waals surface area contributed by atoms with Crippen LogP contribution in [0.3, 0.4) is 0 Å². The van der Waals surface area contributed by atoms with Crippen molar-refractivity contribution in [1.29, 1.82) is 0 Å². The van der Waals surface area contributed by atoms with Gasteiger partial charge in [-0.2, -0.15) is 0 Å². The van der Waals surface area contributed by atoms with E-state index in [0.29, 0.717) is 65.0 Å². The van der Waals surface area contributed by atoms with Gasteiger partial charge in [0.25, 0.3) is 0 Å². The van der Waals surface area contributed by atoms with Crippen LogP contribution in [-0.4, -0.2) is 48.5 Å². The van der Waals surface area contributed by atoms with E-state index in [1.54, 1.807) is 13.1 Å². The molecule has 1 aromatic carbocycles. The average Bonchev–Trinajstić information content (AvgIpc) is 3.36. The van der Waals surface area contributed by atoms with Crippen LogP contribution < -0.4 is 4.74 Å². The van der Waals surface area contributed by atoms with Gasteiger partial charge in [-0.05, 0) is 114 Å². The van der Waals surface area contributed by atoms with E-state index in [-0.39, 0.29) is 5.75 Å². The Morgan fingerprint density at radius 1 is 1.15 bits per heavy atom. The summed E-state index contributed by atoms with van der Waals surface area (Å²) in [6.07, 6.45) is 6.09. The molecule has 246 valence electrons. The SMILES string of the molecule is Cc1nc2c(cc(-c3ccnc(C#CC4(O)CCCCC4)c3)n2C)c(-c2cc(F)c3c(c2C)CCCO3)c1[C@H](OC(C)(C)C)C(=O)O. The van der Waals surface area contributed by atoms with Crippen molar-refractivity contribution in [2.75, 3.05) is 6.61 Å². The van der Waals surface area contributed by atoms with Gasteiger partial charge in [0.2, 0.25) is 0 Å². The van der Waals surface area contributed by atoms with Gasteiger partial charge in [-0.1, -0.05) is 12.3 Å². The molecular weight excluding hydrogens is 597 g/mol. The standard InChI is InChI=1S/C38H42FN3O5/c1-22-26-11-10-18-46-33(26)29(39)20-27(22)32-28-21-30(24-13-17-40-25(19-24)12-16-38(45)14-8-7-9-15-38)42(6)35(28)41-23(2)31(32)34(36(43)44)47-37(3,4)5/h13,17,19-21,34,45H,7-11,14-15,18H2,1-6H3,(H,43,44)/t34-/m0/s1. The Bertz CT molecular complexity index is 1940. The van der Waals surface area contributed by atoms with Gasteiger partial charge >= 0.3 is 5.97 Å².